The number of fused-ring (bicyclic) bond motifs is 1. The van der Waals surface area contributed by atoms with Gasteiger partial charge < -0.3 is 33.3 Å². The van der Waals surface area contributed by atoms with Gasteiger partial charge in [-0.2, -0.15) is 0 Å². The van der Waals surface area contributed by atoms with Crippen LogP contribution in [0.25, 0.3) is 0 Å². The van der Waals surface area contributed by atoms with Crippen molar-refractivity contribution in [2.24, 2.45) is 10.9 Å². The first-order chi connectivity index (χ1) is 15.6. The van der Waals surface area contributed by atoms with Crippen molar-refractivity contribution < 1.29 is 70.0 Å². The monoisotopic (exact) mass is 540 g/mol. The normalized spacial score (nSPS) is 19.5. The number of nitrogens with two attached hydrogens (primary N) is 2. The number of primary amides is 1. The van der Waals surface area contributed by atoms with Crippen molar-refractivity contribution in [3.63, 3.8) is 0 Å². The van der Waals surface area contributed by atoms with E-state index < -0.39 is 53.4 Å². The Hall–Kier alpha value is -2.31. The Labute approximate surface area is 227 Å². The Bertz CT molecular complexity index is 1100. The molecular formula is C16H17N6NaO8S3. The van der Waals surface area contributed by atoms with Crippen LogP contribution in [0.3, 0.4) is 0 Å². The van der Waals surface area contributed by atoms with Gasteiger partial charge in [0, 0.05) is 16.0 Å². The number of nitrogens with one attached hydrogen (secondary N) is 1. The number of carboxylic acids is 2. The number of carbonyl (C=O) groups is 5. The summed E-state index contributed by atoms with van der Waals surface area (Å²) in [6.45, 7) is -0.816. The third-order valence-electron chi connectivity index (χ3n) is 4.13. The van der Waals surface area contributed by atoms with Crippen molar-refractivity contribution in [3.05, 3.63) is 21.7 Å². The van der Waals surface area contributed by atoms with Crippen LogP contribution in [0.15, 0.2) is 21.1 Å². The third kappa shape index (κ3) is 6.22. The smallest absolute Gasteiger partial charge is 1.00 e. The van der Waals surface area contributed by atoms with Crippen molar-refractivity contribution in [1.82, 2.24) is 15.2 Å². The van der Waals surface area contributed by atoms with Crippen LogP contribution in [-0.2, 0) is 28.8 Å². The Morgan fingerprint density at radius 3 is 2.65 bits per heavy atom. The largest absolute Gasteiger partial charge is 1.00 e. The molecule has 2 aliphatic heterocycles. The minimum atomic E-state index is -1.35. The maximum atomic E-state index is 12.8. The molecule has 18 heteroatoms. The topological polar surface area (TPSA) is 228 Å². The number of oxime groups is 1. The SMILES string of the molecule is NC(=O)CSC1=C(C(=O)O)N2C(=O)[C@@H](NC(=O)/C(=N\OCC(=O)O)c3csc(N)n3)[C@H]2SC1.[H-].[Na+]. The van der Waals surface area contributed by atoms with Crippen LogP contribution in [-0.4, -0.2) is 85.0 Å². The number of carbonyl (C=O) groups excluding carboxylic acids is 3. The Kier molecular flexibility index (Phi) is 9.77. The zero-order valence-corrected chi connectivity index (χ0v) is 21.9. The Morgan fingerprint density at radius 1 is 1.38 bits per heavy atom. The summed E-state index contributed by atoms with van der Waals surface area (Å²) in [5.74, 6) is -4.84. The van der Waals surface area contributed by atoms with Crippen molar-refractivity contribution in [2.75, 3.05) is 23.8 Å². The summed E-state index contributed by atoms with van der Waals surface area (Å²) in [4.78, 5) is 68.9. The zero-order chi connectivity index (χ0) is 24.3. The molecule has 0 radical (unpaired) electrons. The maximum Gasteiger partial charge on any atom is 1.00 e. The van der Waals surface area contributed by atoms with Crippen LogP contribution in [0.4, 0.5) is 5.13 Å². The number of β-lactam (4-membered cyclic amide) rings is 1. The van der Waals surface area contributed by atoms with Crippen molar-refractivity contribution >= 4 is 75.4 Å². The first-order valence-corrected chi connectivity index (χ1v) is 11.8. The van der Waals surface area contributed by atoms with Crippen LogP contribution in [0.2, 0.25) is 0 Å². The van der Waals surface area contributed by atoms with Gasteiger partial charge in [-0.1, -0.05) is 5.16 Å². The molecular weight excluding hydrogens is 523 g/mol. The number of nitrogen functional groups attached to an aromatic ring is 1. The second kappa shape index (κ2) is 11.9. The number of aliphatic carboxylic acids is 2. The fourth-order valence-electron chi connectivity index (χ4n) is 2.82. The maximum absolute atomic E-state index is 12.8. The number of hydrogen-bond donors (Lipinski definition) is 5. The van der Waals surface area contributed by atoms with E-state index in [2.05, 4.69) is 20.3 Å². The summed E-state index contributed by atoms with van der Waals surface area (Å²) in [6, 6.07) is -1.08. The number of carboxylic acid groups (broad SMARTS) is 2. The number of amides is 3. The van der Waals surface area contributed by atoms with E-state index in [1.165, 1.54) is 17.1 Å². The first kappa shape index (κ1) is 27.9. The van der Waals surface area contributed by atoms with Crippen LogP contribution in [0.1, 0.15) is 7.12 Å². The number of nitrogens with zero attached hydrogens (tertiary/aromatic N) is 3. The van der Waals surface area contributed by atoms with E-state index in [1.807, 2.05) is 0 Å². The Balaban J connectivity index is 0.00000306. The Morgan fingerprint density at radius 2 is 2.09 bits per heavy atom. The van der Waals surface area contributed by atoms with E-state index in [9.17, 15) is 29.1 Å². The number of rotatable bonds is 10. The molecule has 3 amide bonds. The standard InChI is InChI=1S/C16H16N6O8S3.Na.H/c17-7(23)4-31-6-3-32-14-10(13(27)22(14)11(6)15(28)29)20-12(26)9(21-30-1-8(24)25)5-2-33-16(18)19-5;;/h2,10,14H,1,3-4H2,(H2,17,23)(H2,18,19)(H,20,26)(H,24,25)(H,28,29);;/q;+1;-1/b21-9-;;/t10-,14-;;/m1../s1. The molecule has 7 N–H and O–H groups in total. The molecule has 2 atom stereocenters. The summed E-state index contributed by atoms with van der Waals surface area (Å²) < 4.78 is 0. The molecule has 1 aromatic heterocycles. The first-order valence-electron chi connectivity index (χ1n) is 8.86. The van der Waals surface area contributed by atoms with E-state index in [-0.39, 0.29) is 59.0 Å². The number of anilines is 1. The molecule has 1 fully saturated rings. The third-order valence-corrected chi connectivity index (χ3v) is 7.39. The molecule has 2 aliphatic rings. The van der Waals surface area contributed by atoms with Gasteiger partial charge in [0.15, 0.2) is 10.8 Å². The summed E-state index contributed by atoms with van der Waals surface area (Å²) >= 11 is 3.13. The molecule has 0 bridgehead atoms. The average Bonchev–Trinajstić information content (AvgIpc) is 3.17. The van der Waals surface area contributed by atoms with Crippen LogP contribution >= 0.6 is 34.9 Å². The summed E-state index contributed by atoms with van der Waals surface area (Å²) in [5, 5.41) is 25.0. The van der Waals surface area contributed by atoms with Crippen molar-refractivity contribution in [2.45, 2.75) is 11.4 Å². The van der Waals surface area contributed by atoms with Crippen LogP contribution < -0.4 is 46.3 Å². The molecule has 0 spiro atoms. The fourth-order valence-corrected chi connectivity index (χ4v) is 5.74. The summed E-state index contributed by atoms with van der Waals surface area (Å²) in [5.41, 5.74) is 10.0. The minimum Gasteiger partial charge on any atom is -1.00 e. The predicted octanol–water partition coefficient (Wildman–Crippen LogP) is -4.44. The second-order valence-corrected chi connectivity index (χ2v) is 9.44. The quantitative estimate of drug-likeness (QED) is 0.0819. The van der Waals surface area contributed by atoms with Gasteiger partial charge in [-0.05, 0) is 0 Å². The van der Waals surface area contributed by atoms with Gasteiger partial charge in [-0.15, -0.1) is 34.9 Å². The second-order valence-electron chi connectivity index (χ2n) is 6.37. The average molecular weight is 541 g/mol. The summed E-state index contributed by atoms with van der Waals surface area (Å²) in [6.07, 6.45) is 0. The molecule has 3 heterocycles. The molecule has 34 heavy (non-hydrogen) atoms. The van der Waals surface area contributed by atoms with Gasteiger partial charge in [-0.25, -0.2) is 14.6 Å². The predicted molar refractivity (Wildman–Crippen MR) is 119 cm³/mol. The van der Waals surface area contributed by atoms with Gasteiger partial charge in [0.1, 0.15) is 22.8 Å². The molecule has 0 aliphatic carbocycles. The van der Waals surface area contributed by atoms with E-state index in [1.54, 1.807) is 0 Å². The molecule has 1 aromatic rings. The van der Waals surface area contributed by atoms with Crippen LogP contribution in [0.5, 0.6) is 0 Å². The molecule has 178 valence electrons. The van der Waals surface area contributed by atoms with Crippen LogP contribution in [0, 0.1) is 0 Å². The molecule has 14 nitrogen and oxygen atoms in total. The number of hydrogen-bond acceptors (Lipinski definition) is 12. The van der Waals surface area contributed by atoms with E-state index in [0.717, 1.165) is 28.0 Å². The number of aromatic nitrogens is 1. The van der Waals surface area contributed by atoms with Gasteiger partial charge in [0.25, 0.3) is 11.8 Å². The van der Waals surface area contributed by atoms with Gasteiger partial charge in [0.2, 0.25) is 12.5 Å². The number of thioether (sulfide) groups is 2. The van der Waals surface area contributed by atoms with Crippen molar-refractivity contribution in [1.29, 1.82) is 0 Å². The molecule has 0 aromatic carbocycles. The fraction of sp³-hybridized carbons (Fsp3) is 0.312. The van der Waals surface area contributed by atoms with Gasteiger partial charge >= 0.3 is 41.5 Å². The summed E-state index contributed by atoms with van der Waals surface area (Å²) in [7, 11) is 0. The molecule has 3 rings (SSSR count). The number of thiazole rings is 1. The molecule has 0 saturated carbocycles. The van der Waals surface area contributed by atoms with E-state index in [4.69, 9.17) is 16.6 Å². The van der Waals surface area contributed by atoms with Crippen molar-refractivity contribution in [3.8, 4) is 0 Å². The molecule has 0 unspecified atom stereocenters. The minimum absolute atomic E-state index is 0. The van der Waals surface area contributed by atoms with E-state index >= 15 is 0 Å². The zero-order valence-electron chi connectivity index (χ0n) is 18.4. The van der Waals surface area contributed by atoms with Gasteiger partial charge in [-0.3, -0.25) is 19.3 Å². The molecule has 1 saturated heterocycles. The van der Waals surface area contributed by atoms with E-state index in [0.29, 0.717) is 4.91 Å². The van der Waals surface area contributed by atoms with Gasteiger partial charge in [0.05, 0.1) is 5.75 Å².